The first-order valence-electron chi connectivity index (χ1n) is 9.15. The summed E-state index contributed by atoms with van der Waals surface area (Å²) in [6.45, 7) is 5.10. The molecule has 2 aromatic rings. The van der Waals surface area contributed by atoms with Crippen LogP contribution in [0.4, 0.5) is 5.69 Å². The Morgan fingerprint density at radius 1 is 1.27 bits per heavy atom. The Balaban J connectivity index is 1.61. The highest BCUT2D eigenvalue weighted by Crippen LogP contribution is 2.26. The molecule has 1 unspecified atom stereocenters. The zero-order valence-electron chi connectivity index (χ0n) is 15.1. The Hall–Kier alpha value is -2.04. The van der Waals surface area contributed by atoms with E-state index in [1.165, 1.54) is 5.56 Å². The molecule has 3 rings (SSSR count). The minimum atomic E-state index is -0.0161. The number of rotatable bonds is 6. The quantitative estimate of drug-likeness (QED) is 0.806. The zero-order chi connectivity index (χ0) is 18.4. The molecule has 0 spiro atoms. The second-order valence-electron chi connectivity index (χ2n) is 6.62. The maximum atomic E-state index is 12.8. The molecule has 1 amide bonds. The Morgan fingerprint density at radius 3 is 2.92 bits per heavy atom. The molecular weight excluding hydrogens is 348 g/mol. The van der Waals surface area contributed by atoms with Crippen LogP contribution in [0.25, 0.3) is 0 Å². The Labute approximate surface area is 160 Å². The Bertz CT molecular complexity index is 750. The number of para-hydroxylation sites is 2. The number of hydrogen-bond acceptors (Lipinski definition) is 3. The topological polar surface area (TPSA) is 41.6 Å². The van der Waals surface area contributed by atoms with Crippen LogP contribution >= 0.6 is 11.6 Å². The van der Waals surface area contributed by atoms with Crippen molar-refractivity contribution >= 4 is 23.2 Å². The fourth-order valence-electron chi connectivity index (χ4n) is 3.39. The van der Waals surface area contributed by atoms with E-state index in [1.807, 2.05) is 49.4 Å². The van der Waals surface area contributed by atoms with E-state index in [4.69, 9.17) is 16.3 Å². The van der Waals surface area contributed by atoms with Crippen LogP contribution < -0.4 is 10.1 Å². The number of nitrogens with one attached hydrogen (secondary N) is 1. The van der Waals surface area contributed by atoms with Gasteiger partial charge in [0.15, 0.2) is 0 Å². The van der Waals surface area contributed by atoms with Crippen LogP contribution in [0.1, 0.15) is 25.3 Å². The summed E-state index contributed by atoms with van der Waals surface area (Å²) in [6.07, 6.45) is 1.93. The van der Waals surface area contributed by atoms with Crippen molar-refractivity contribution < 1.29 is 9.53 Å². The van der Waals surface area contributed by atoms with Gasteiger partial charge in [0.25, 0.3) is 0 Å². The van der Waals surface area contributed by atoms with E-state index in [0.29, 0.717) is 6.61 Å². The fourth-order valence-corrected chi connectivity index (χ4v) is 3.61. The number of amides is 1. The normalized spacial score (nSPS) is 17.7. The molecule has 5 heteroatoms. The van der Waals surface area contributed by atoms with Gasteiger partial charge in [-0.1, -0.05) is 35.9 Å². The average Bonchev–Trinajstić information content (AvgIpc) is 2.64. The number of benzene rings is 2. The third kappa shape index (κ3) is 4.99. The predicted molar refractivity (Wildman–Crippen MR) is 106 cm³/mol. The molecule has 1 atom stereocenters. The second kappa shape index (κ2) is 9.06. The van der Waals surface area contributed by atoms with Crippen molar-refractivity contribution in [3.05, 3.63) is 59.1 Å². The van der Waals surface area contributed by atoms with E-state index in [9.17, 15) is 4.79 Å². The smallest absolute Gasteiger partial charge is 0.228 e. The number of ether oxygens (including phenoxy) is 1. The summed E-state index contributed by atoms with van der Waals surface area (Å²) in [7, 11) is 0. The minimum absolute atomic E-state index is 0.0161. The highest BCUT2D eigenvalue weighted by atomic mass is 35.5. The first-order chi connectivity index (χ1) is 12.7. The number of halogens is 1. The van der Waals surface area contributed by atoms with Gasteiger partial charge in [0.05, 0.1) is 18.2 Å². The molecule has 0 saturated carbocycles. The van der Waals surface area contributed by atoms with Crippen molar-refractivity contribution in [2.24, 2.45) is 5.92 Å². The lowest BCUT2D eigenvalue weighted by molar-refractivity contribution is -0.121. The summed E-state index contributed by atoms with van der Waals surface area (Å²) in [5.41, 5.74) is 1.92. The molecule has 0 bridgehead atoms. The Morgan fingerprint density at radius 2 is 2.12 bits per heavy atom. The van der Waals surface area contributed by atoms with Crippen LogP contribution in [0.2, 0.25) is 5.02 Å². The molecule has 1 aliphatic rings. The summed E-state index contributed by atoms with van der Waals surface area (Å²) < 4.78 is 5.60. The molecular formula is C21H25ClN2O2. The summed E-state index contributed by atoms with van der Waals surface area (Å²) >= 11 is 6.08. The molecule has 2 aromatic carbocycles. The van der Waals surface area contributed by atoms with E-state index in [1.54, 1.807) is 0 Å². The number of nitrogens with zero attached hydrogens (tertiary/aromatic N) is 1. The molecule has 1 heterocycles. The van der Waals surface area contributed by atoms with Crippen molar-refractivity contribution in [1.82, 2.24) is 4.90 Å². The van der Waals surface area contributed by atoms with Crippen LogP contribution in [0, 0.1) is 5.92 Å². The largest absolute Gasteiger partial charge is 0.492 e. The summed E-state index contributed by atoms with van der Waals surface area (Å²) in [6, 6.07) is 15.5. The van der Waals surface area contributed by atoms with Crippen LogP contribution in [0.3, 0.4) is 0 Å². The van der Waals surface area contributed by atoms with Crippen molar-refractivity contribution in [2.75, 3.05) is 25.0 Å². The van der Waals surface area contributed by atoms with Crippen LogP contribution in [0.15, 0.2) is 48.5 Å². The molecule has 1 N–H and O–H groups in total. The van der Waals surface area contributed by atoms with Gasteiger partial charge in [-0.2, -0.15) is 0 Å². The number of carbonyl (C=O) groups excluding carboxylic acids is 1. The SMILES string of the molecule is CCOc1ccccc1NC(=O)C1CCCN(Cc2cccc(Cl)c2)C1. The van der Waals surface area contributed by atoms with E-state index in [0.717, 1.165) is 48.9 Å². The highest BCUT2D eigenvalue weighted by Gasteiger charge is 2.26. The zero-order valence-corrected chi connectivity index (χ0v) is 15.8. The molecule has 0 aliphatic carbocycles. The lowest BCUT2D eigenvalue weighted by atomic mass is 9.96. The first-order valence-corrected chi connectivity index (χ1v) is 9.53. The molecule has 1 saturated heterocycles. The van der Waals surface area contributed by atoms with Gasteiger partial charge in [-0.3, -0.25) is 9.69 Å². The van der Waals surface area contributed by atoms with Crippen LogP contribution in [-0.4, -0.2) is 30.5 Å². The number of likely N-dealkylation sites (tertiary alicyclic amines) is 1. The van der Waals surface area contributed by atoms with Crippen LogP contribution in [-0.2, 0) is 11.3 Å². The third-order valence-corrected chi connectivity index (χ3v) is 4.85. The summed E-state index contributed by atoms with van der Waals surface area (Å²) in [4.78, 5) is 15.1. The third-order valence-electron chi connectivity index (χ3n) is 4.62. The number of carbonyl (C=O) groups is 1. The molecule has 0 radical (unpaired) electrons. The van der Waals surface area contributed by atoms with Crippen molar-refractivity contribution in [1.29, 1.82) is 0 Å². The molecule has 0 aromatic heterocycles. The lowest BCUT2D eigenvalue weighted by Crippen LogP contribution is -2.40. The predicted octanol–water partition coefficient (Wildman–Crippen LogP) is 4.59. The van der Waals surface area contributed by atoms with Crippen molar-refractivity contribution in [2.45, 2.75) is 26.3 Å². The maximum absolute atomic E-state index is 12.8. The number of piperidine rings is 1. The number of hydrogen-bond donors (Lipinski definition) is 1. The van der Waals surface area contributed by atoms with Gasteiger partial charge in [-0.25, -0.2) is 0 Å². The molecule has 138 valence electrons. The standard InChI is InChI=1S/C21H25ClN2O2/c1-2-26-20-11-4-3-10-19(20)23-21(25)17-8-6-12-24(15-17)14-16-7-5-9-18(22)13-16/h3-5,7,9-11,13,17H,2,6,8,12,14-15H2,1H3,(H,23,25). The van der Waals surface area contributed by atoms with Crippen molar-refractivity contribution in [3.8, 4) is 5.75 Å². The highest BCUT2D eigenvalue weighted by molar-refractivity contribution is 6.30. The summed E-state index contributed by atoms with van der Waals surface area (Å²) in [5.74, 6) is 0.764. The summed E-state index contributed by atoms with van der Waals surface area (Å²) in [5, 5.41) is 3.80. The van der Waals surface area contributed by atoms with E-state index < -0.39 is 0 Å². The average molecular weight is 373 g/mol. The molecule has 4 nitrogen and oxygen atoms in total. The second-order valence-corrected chi connectivity index (χ2v) is 7.06. The van der Waals surface area contributed by atoms with Crippen LogP contribution in [0.5, 0.6) is 5.75 Å². The fraction of sp³-hybridized carbons (Fsp3) is 0.381. The van der Waals surface area contributed by atoms with Gasteiger partial charge in [0.2, 0.25) is 5.91 Å². The Kier molecular flexibility index (Phi) is 6.53. The maximum Gasteiger partial charge on any atom is 0.228 e. The monoisotopic (exact) mass is 372 g/mol. The molecule has 26 heavy (non-hydrogen) atoms. The van der Waals surface area contributed by atoms with E-state index in [2.05, 4.69) is 16.3 Å². The van der Waals surface area contributed by atoms with Crippen molar-refractivity contribution in [3.63, 3.8) is 0 Å². The lowest BCUT2D eigenvalue weighted by Gasteiger charge is -2.32. The number of anilines is 1. The van der Waals surface area contributed by atoms with Gasteiger partial charge in [-0.15, -0.1) is 0 Å². The van der Waals surface area contributed by atoms with E-state index in [-0.39, 0.29) is 11.8 Å². The van der Waals surface area contributed by atoms with Gasteiger partial charge >= 0.3 is 0 Å². The molecule has 1 fully saturated rings. The van der Waals surface area contributed by atoms with Gasteiger partial charge in [0, 0.05) is 18.1 Å². The van der Waals surface area contributed by atoms with Gasteiger partial charge in [-0.05, 0) is 56.1 Å². The van der Waals surface area contributed by atoms with Gasteiger partial charge in [0.1, 0.15) is 5.75 Å². The molecule has 1 aliphatic heterocycles. The van der Waals surface area contributed by atoms with Gasteiger partial charge < -0.3 is 10.1 Å². The minimum Gasteiger partial charge on any atom is -0.492 e. The first kappa shape index (κ1) is 18.7. The van der Waals surface area contributed by atoms with E-state index >= 15 is 0 Å².